The third-order valence-corrected chi connectivity index (χ3v) is 7.34. The summed E-state index contributed by atoms with van der Waals surface area (Å²) in [5.41, 5.74) is 4.01. The fraction of sp³-hybridized carbons (Fsp3) is 0.0870. The van der Waals surface area contributed by atoms with Gasteiger partial charge in [0.05, 0.1) is 33.5 Å². The van der Waals surface area contributed by atoms with E-state index in [9.17, 15) is 8.42 Å². The first-order chi connectivity index (χ1) is 15.9. The second-order valence-corrected chi connectivity index (χ2v) is 10.2. The molecule has 5 rings (SSSR count). The molecule has 2 aromatic carbocycles. The highest BCUT2D eigenvalue weighted by molar-refractivity contribution is 9.10. The Hall–Kier alpha value is -3.50. The van der Waals surface area contributed by atoms with E-state index in [0.717, 1.165) is 25.3 Å². The number of hydrogen-bond acceptors (Lipinski definition) is 6. The highest BCUT2D eigenvalue weighted by atomic mass is 79.9. The van der Waals surface area contributed by atoms with Crippen molar-refractivity contribution in [3.05, 3.63) is 95.1 Å². The Bertz CT molecular complexity index is 1540. The molecule has 8 nitrogen and oxygen atoms in total. The van der Waals surface area contributed by atoms with Crippen LogP contribution >= 0.6 is 15.9 Å². The van der Waals surface area contributed by atoms with E-state index >= 15 is 0 Å². The van der Waals surface area contributed by atoms with E-state index in [0.29, 0.717) is 23.7 Å². The van der Waals surface area contributed by atoms with E-state index in [2.05, 4.69) is 31.3 Å². The zero-order valence-electron chi connectivity index (χ0n) is 17.6. The van der Waals surface area contributed by atoms with E-state index in [1.54, 1.807) is 35.0 Å². The van der Waals surface area contributed by atoms with Crippen LogP contribution in [0, 0.1) is 6.92 Å². The third kappa shape index (κ3) is 4.14. The molecule has 0 unspecified atom stereocenters. The number of rotatable bonds is 6. The van der Waals surface area contributed by atoms with Gasteiger partial charge in [0.25, 0.3) is 10.0 Å². The Morgan fingerprint density at radius 2 is 1.82 bits per heavy atom. The number of benzene rings is 2. The van der Waals surface area contributed by atoms with Crippen molar-refractivity contribution in [3.8, 4) is 11.3 Å². The van der Waals surface area contributed by atoms with Crippen molar-refractivity contribution < 1.29 is 8.42 Å². The van der Waals surface area contributed by atoms with Crippen LogP contribution in [0.3, 0.4) is 0 Å². The van der Waals surface area contributed by atoms with E-state index in [1.807, 2.05) is 43.3 Å². The van der Waals surface area contributed by atoms with Gasteiger partial charge in [0.15, 0.2) is 5.65 Å². The van der Waals surface area contributed by atoms with Crippen molar-refractivity contribution in [3.63, 3.8) is 0 Å². The largest absolute Gasteiger partial charge is 0.364 e. The molecule has 10 heteroatoms. The molecule has 0 spiro atoms. The van der Waals surface area contributed by atoms with Crippen LogP contribution in [0.4, 0.5) is 5.82 Å². The van der Waals surface area contributed by atoms with Gasteiger partial charge in [0.2, 0.25) is 0 Å². The normalized spacial score (nSPS) is 11.7. The summed E-state index contributed by atoms with van der Waals surface area (Å²) in [7, 11) is -3.70. The van der Waals surface area contributed by atoms with Gasteiger partial charge in [-0.05, 0) is 35.0 Å². The van der Waals surface area contributed by atoms with Gasteiger partial charge in [-0.15, -0.1) is 0 Å². The average molecular weight is 523 g/mol. The second-order valence-electron chi connectivity index (χ2n) is 7.49. The molecule has 0 aliphatic heterocycles. The molecular weight excluding hydrogens is 504 g/mol. The van der Waals surface area contributed by atoms with Crippen LogP contribution in [0.15, 0.2) is 88.8 Å². The lowest BCUT2D eigenvalue weighted by Crippen LogP contribution is -2.11. The zero-order valence-corrected chi connectivity index (χ0v) is 20.0. The Morgan fingerprint density at radius 3 is 2.58 bits per heavy atom. The van der Waals surface area contributed by atoms with Crippen molar-refractivity contribution in [2.75, 3.05) is 5.32 Å². The molecule has 1 N–H and O–H groups in total. The van der Waals surface area contributed by atoms with Gasteiger partial charge in [-0.25, -0.2) is 22.4 Å². The average Bonchev–Trinajstić information content (AvgIpc) is 3.46. The molecular formula is C23H19BrN6O2S. The minimum atomic E-state index is -3.70. The molecule has 0 aliphatic rings. The molecule has 0 atom stereocenters. The fourth-order valence-electron chi connectivity index (χ4n) is 3.40. The number of hydrogen-bond donors (Lipinski definition) is 1. The maximum absolute atomic E-state index is 12.9. The molecule has 0 amide bonds. The number of fused-ring (bicyclic) bond motifs is 1. The smallest absolute Gasteiger partial charge is 0.268 e. The van der Waals surface area contributed by atoms with Crippen molar-refractivity contribution in [1.29, 1.82) is 0 Å². The molecule has 3 aromatic heterocycles. The van der Waals surface area contributed by atoms with E-state index in [-0.39, 0.29) is 4.90 Å². The maximum Gasteiger partial charge on any atom is 0.268 e. The highest BCUT2D eigenvalue weighted by Crippen LogP contribution is 2.26. The second kappa shape index (κ2) is 8.45. The van der Waals surface area contributed by atoms with Crippen LogP contribution in [0.25, 0.3) is 16.9 Å². The van der Waals surface area contributed by atoms with Crippen LogP contribution in [0.1, 0.15) is 11.3 Å². The first-order valence-corrected chi connectivity index (χ1v) is 12.3. The van der Waals surface area contributed by atoms with Gasteiger partial charge in [-0.2, -0.15) is 9.61 Å². The van der Waals surface area contributed by atoms with Gasteiger partial charge >= 0.3 is 0 Å². The zero-order chi connectivity index (χ0) is 23.0. The molecule has 5 aromatic rings. The van der Waals surface area contributed by atoms with Crippen LogP contribution < -0.4 is 5.32 Å². The first-order valence-electron chi connectivity index (χ1n) is 10.1. The number of halogens is 1. The van der Waals surface area contributed by atoms with Crippen molar-refractivity contribution >= 4 is 37.4 Å². The van der Waals surface area contributed by atoms with Crippen molar-refractivity contribution in [2.45, 2.75) is 18.4 Å². The SMILES string of the molecule is Cc1ccc(S(=O)(=O)n2cnc(CNc3cc(-c4ccccc4)nc4c(Br)cnn34)c2)cc1. The molecule has 3 heterocycles. The fourth-order valence-corrected chi connectivity index (χ4v) is 4.90. The third-order valence-electron chi connectivity index (χ3n) is 5.16. The minimum Gasteiger partial charge on any atom is -0.364 e. The molecule has 0 saturated heterocycles. The van der Waals surface area contributed by atoms with Crippen molar-refractivity contribution in [1.82, 2.24) is 23.6 Å². The van der Waals surface area contributed by atoms with Crippen LogP contribution in [0.5, 0.6) is 0 Å². The predicted molar refractivity (Wildman–Crippen MR) is 129 cm³/mol. The number of nitrogens with zero attached hydrogens (tertiary/aromatic N) is 5. The topological polar surface area (TPSA) is 94.2 Å². The lowest BCUT2D eigenvalue weighted by molar-refractivity contribution is 0.587. The maximum atomic E-state index is 12.9. The van der Waals surface area contributed by atoms with E-state index < -0.39 is 10.0 Å². The van der Waals surface area contributed by atoms with Gasteiger partial charge in [0, 0.05) is 17.8 Å². The number of anilines is 1. The molecule has 0 aliphatic carbocycles. The Kier molecular flexibility index (Phi) is 5.47. The van der Waals surface area contributed by atoms with Crippen LogP contribution in [0.2, 0.25) is 0 Å². The molecule has 0 saturated carbocycles. The lowest BCUT2D eigenvalue weighted by Gasteiger charge is -2.10. The van der Waals surface area contributed by atoms with Gasteiger partial charge in [-0.3, -0.25) is 0 Å². The summed E-state index contributed by atoms with van der Waals surface area (Å²) >= 11 is 3.50. The standard InChI is InChI=1S/C23H19BrN6O2S/c1-16-7-9-19(10-8-16)33(31,32)29-14-18(26-15-29)12-25-22-11-21(17-5-3-2-4-6-17)28-23-20(24)13-27-30(22)23/h2-11,13-15,25H,12H2,1H3. The summed E-state index contributed by atoms with van der Waals surface area (Å²) in [6, 6.07) is 18.5. The summed E-state index contributed by atoms with van der Waals surface area (Å²) in [6.45, 7) is 2.22. The minimum absolute atomic E-state index is 0.217. The quantitative estimate of drug-likeness (QED) is 0.352. The monoisotopic (exact) mass is 522 g/mol. The summed E-state index contributed by atoms with van der Waals surface area (Å²) in [4.78, 5) is 9.20. The molecule has 0 fully saturated rings. The molecule has 0 bridgehead atoms. The lowest BCUT2D eigenvalue weighted by atomic mass is 10.1. The first kappa shape index (κ1) is 21.4. The Morgan fingerprint density at radius 1 is 1.06 bits per heavy atom. The Labute approximate surface area is 199 Å². The Balaban J connectivity index is 1.43. The van der Waals surface area contributed by atoms with Crippen molar-refractivity contribution in [2.24, 2.45) is 0 Å². The van der Waals surface area contributed by atoms with Gasteiger partial charge < -0.3 is 5.32 Å². The number of aryl methyl sites for hydroxylation is 1. The molecule has 166 valence electrons. The summed E-state index contributed by atoms with van der Waals surface area (Å²) < 4.78 is 29.4. The van der Waals surface area contributed by atoms with Gasteiger partial charge in [0.1, 0.15) is 12.1 Å². The van der Waals surface area contributed by atoms with Crippen LogP contribution in [-0.2, 0) is 16.6 Å². The van der Waals surface area contributed by atoms with E-state index in [1.165, 1.54) is 12.5 Å². The highest BCUT2D eigenvalue weighted by Gasteiger charge is 2.18. The number of nitrogens with one attached hydrogen (secondary N) is 1. The molecule has 33 heavy (non-hydrogen) atoms. The van der Waals surface area contributed by atoms with Gasteiger partial charge in [-0.1, -0.05) is 48.0 Å². The summed E-state index contributed by atoms with van der Waals surface area (Å²) in [5.74, 6) is 0.709. The van der Waals surface area contributed by atoms with E-state index in [4.69, 9.17) is 4.98 Å². The number of aromatic nitrogens is 5. The summed E-state index contributed by atoms with van der Waals surface area (Å²) in [6.07, 6.45) is 4.51. The van der Waals surface area contributed by atoms with Crippen LogP contribution in [-0.4, -0.2) is 32.0 Å². The summed E-state index contributed by atoms with van der Waals surface area (Å²) in [5, 5.41) is 7.69. The predicted octanol–water partition coefficient (Wildman–Crippen LogP) is 4.51. The number of imidazole rings is 1. The molecule has 0 radical (unpaired) electrons.